The van der Waals surface area contributed by atoms with Crippen molar-refractivity contribution >= 4 is 5.91 Å². The van der Waals surface area contributed by atoms with Crippen molar-refractivity contribution in [3.05, 3.63) is 101 Å². The largest absolute Gasteiger partial charge is 0.497 e. The van der Waals surface area contributed by atoms with E-state index in [4.69, 9.17) is 4.74 Å². The summed E-state index contributed by atoms with van der Waals surface area (Å²) in [6.45, 7) is 4.34. The average Bonchev–Trinajstić information content (AvgIpc) is 2.87. The van der Waals surface area contributed by atoms with Gasteiger partial charge >= 0.3 is 0 Å². The summed E-state index contributed by atoms with van der Waals surface area (Å²) in [4.78, 5) is 15.4. The minimum Gasteiger partial charge on any atom is -0.497 e. The number of nitrogens with zero attached hydrogens (tertiary/aromatic N) is 1. The number of hydrogen-bond donors (Lipinski definition) is 1. The lowest BCUT2D eigenvalue weighted by Gasteiger charge is -2.37. The maximum absolute atomic E-state index is 13.9. The van der Waals surface area contributed by atoms with E-state index in [1.54, 1.807) is 26.2 Å². The fraction of sp³-hybridized carbons (Fsp3) is 0.345. The molecule has 1 aliphatic rings. The van der Waals surface area contributed by atoms with Crippen LogP contribution in [0.5, 0.6) is 5.75 Å². The Morgan fingerprint density at radius 2 is 1.71 bits per heavy atom. The molecule has 2 unspecified atom stereocenters. The van der Waals surface area contributed by atoms with Crippen LogP contribution >= 0.6 is 0 Å². The van der Waals surface area contributed by atoms with Gasteiger partial charge in [-0.25, -0.2) is 8.78 Å². The second-order valence-corrected chi connectivity index (χ2v) is 9.35. The highest BCUT2D eigenvalue weighted by Crippen LogP contribution is 2.32. The number of benzene rings is 3. The number of hydrogen-bond acceptors (Lipinski definition) is 3. The van der Waals surface area contributed by atoms with Crippen LogP contribution in [0.4, 0.5) is 8.78 Å². The van der Waals surface area contributed by atoms with Crippen LogP contribution in [0.3, 0.4) is 0 Å². The summed E-state index contributed by atoms with van der Waals surface area (Å²) < 4.78 is 32.4. The monoisotopic (exact) mass is 478 g/mol. The lowest BCUT2D eigenvalue weighted by molar-refractivity contribution is -0.127. The molecule has 35 heavy (non-hydrogen) atoms. The van der Waals surface area contributed by atoms with Crippen molar-refractivity contribution < 1.29 is 18.3 Å². The molecule has 1 amide bonds. The van der Waals surface area contributed by atoms with Gasteiger partial charge in [0, 0.05) is 26.2 Å². The molecule has 0 radical (unpaired) electrons. The SMILES string of the molecule is COc1ccc(CCNC(=O)C2CC(c3ccc(F)c(C)c3)CN(Cc3ccc(F)cc3)C2)cc1. The molecule has 3 aromatic rings. The topological polar surface area (TPSA) is 41.6 Å². The van der Waals surface area contributed by atoms with E-state index in [1.807, 2.05) is 36.4 Å². The molecule has 6 heteroatoms. The summed E-state index contributed by atoms with van der Waals surface area (Å²) in [6, 6.07) is 19.6. The van der Waals surface area contributed by atoms with Crippen LogP contribution in [0.15, 0.2) is 66.7 Å². The third-order valence-electron chi connectivity index (χ3n) is 6.74. The van der Waals surface area contributed by atoms with Gasteiger partial charge in [0.05, 0.1) is 13.0 Å². The molecule has 1 N–H and O–H groups in total. The third-order valence-corrected chi connectivity index (χ3v) is 6.74. The number of likely N-dealkylation sites (tertiary alicyclic amines) is 1. The van der Waals surface area contributed by atoms with Gasteiger partial charge < -0.3 is 10.1 Å². The molecule has 0 aromatic heterocycles. The molecule has 1 heterocycles. The number of aryl methyl sites for hydroxylation is 1. The van der Waals surface area contributed by atoms with Crippen LogP contribution in [0.25, 0.3) is 0 Å². The highest BCUT2D eigenvalue weighted by molar-refractivity contribution is 5.79. The van der Waals surface area contributed by atoms with Gasteiger partial charge in [-0.2, -0.15) is 0 Å². The Morgan fingerprint density at radius 3 is 2.40 bits per heavy atom. The van der Waals surface area contributed by atoms with Crippen LogP contribution in [-0.2, 0) is 17.8 Å². The van der Waals surface area contributed by atoms with Crippen molar-refractivity contribution in [3.8, 4) is 5.75 Å². The smallest absolute Gasteiger partial charge is 0.224 e. The number of methoxy groups -OCH3 is 1. The molecule has 0 aliphatic carbocycles. The predicted molar refractivity (Wildman–Crippen MR) is 133 cm³/mol. The van der Waals surface area contributed by atoms with E-state index < -0.39 is 0 Å². The number of rotatable bonds is 8. The molecule has 184 valence electrons. The van der Waals surface area contributed by atoms with Crippen molar-refractivity contribution in [1.82, 2.24) is 10.2 Å². The average molecular weight is 479 g/mol. The maximum Gasteiger partial charge on any atom is 0.224 e. The molecule has 2 atom stereocenters. The van der Waals surface area contributed by atoms with E-state index >= 15 is 0 Å². The number of carbonyl (C=O) groups excluding carboxylic acids is 1. The van der Waals surface area contributed by atoms with Gasteiger partial charge in [0.1, 0.15) is 17.4 Å². The summed E-state index contributed by atoms with van der Waals surface area (Å²) in [6.07, 6.45) is 1.45. The number of amides is 1. The molecular formula is C29H32F2N2O2. The second kappa shape index (κ2) is 11.5. The Hall–Kier alpha value is -3.25. The van der Waals surface area contributed by atoms with Crippen molar-refractivity contribution in [3.63, 3.8) is 0 Å². The number of carbonyl (C=O) groups is 1. The molecule has 0 bridgehead atoms. The first-order chi connectivity index (χ1) is 16.9. The standard InChI is InChI=1S/C29H32F2N2O2/c1-20-15-23(7-12-28(20)31)24-16-25(19-33(18-24)17-22-3-8-26(30)9-4-22)29(34)32-14-13-21-5-10-27(35-2)11-6-21/h3-12,15,24-25H,13-14,16-19H2,1-2H3,(H,32,34). The van der Waals surface area contributed by atoms with Gasteiger partial charge in [0.2, 0.25) is 5.91 Å². The van der Waals surface area contributed by atoms with Crippen LogP contribution in [0.1, 0.15) is 34.6 Å². The van der Waals surface area contributed by atoms with Gasteiger partial charge in [0.15, 0.2) is 0 Å². The molecule has 0 saturated carbocycles. The summed E-state index contributed by atoms with van der Waals surface area (Å²) >= 11 is 0. The summed E-state index contributed by atoms with van der Waals surface area (Å²) in [7, 11) is 1.64. The van der Waals surface area contributed by atoms with Crippen LogP contribution in [0.2, 0.25) is 0 Å². The Bertz CT molecular complexity index is 1130. The van der Waals surface area contributed by atoms with Gasteiger partial charge in [-0.15, -0.1) is 0 Å². The Morgan fingerprint density at radius 1 is 1.00 bits per heavy atom. The number of piperidine rings is 1. The molecular weight excluding hydrogens is 446 g/mol. The Kier molecular flexibility index (Phi) is 8.13. The van der Waals surface area contributed by atoms with E-state index in [2.05, 4.69) is 10.2 Å². The zero-order chi connectivity index (χ0) is 24.8. The van der Waals surface area contributed by atoms with Crippen molar-refractivity contribution in [1.29, 1.82) is 0 Å². The van der Waals surface area contributed by atoms with Crippen molar-refractivity contribution in [2.45, 2.75) is 32.2 Å². The summed E-state index contributed by atoms with van der Waals surface area (Å²) in [5.74, 6) is 0.285. The van der Waals surface area contributed by atoms with Crippen molar-refractivity contribution in [2.24, 2.45) is 5.92 Å². The minimum atomic E-state index is -0.263. The zero-order valence-corrected chi connectivity index (χ0v) is 20.3. The van der Waals surface area contributed by atoms with E-state index in [-0.39, 0.29) is 29.4 Å². The third kappa shape index (κ3) is 6.67. The molecule has 4 nitrogen and oxygen atoms in total. The van der Waals surface area contributed by atoms with Crippen LogP contribution in [0, 0.1) is 24.5 Å². The first-order valence-corrected chi connectivity index (χ1v) is 12.0. The van der Waals surface area contributed by atoms with Gasteiger partial charge in [0.25, 0.3) is 0 Å². The molecule has 0 spiro atoms. The van der Waals surface area contributed by atoms with Gasteiger partial charge in [-0.3, -0.25) is 9.69 Å². The maximum atomic E-state index is 13.9. The minimum absolute atomic E-state index is 0.0335. The quantitative estimate of drug-likeness (QED) is 0.481. The van der Waals surface area contributed by atoms with E-state index in [0.717, 1.165) is 35.4 Å². The fourth-order valence-corrected chi connectivity index (χ4v) is 4.79. The molecule has 1 fully saturated rings. The fourth-order valence-electron chi connectivity index (χ4n) is 4.79. The molecule has 3 aromatic carbocycles. The van der Waals surface area contributed by atoms with Gasteiger partial charge in [-0.05, 0) is 78.3 Å². The molecule has 1 saturated heterocycles. The lowest BCUT2D eigenvalue weighted by Crippen LogP contribution is -2.45. The highest BCUT2D eigenvalue weighted by atomic mass is 19.1. The number of halogens is 2. The Labute approximate surface area is 205 Å². The number of nitrogens with one attached hydrogen (secondary N) is 1. The first-order valence-electron chi connectivity index (χ1n) is 12.0. The Balaban J connectivity index is 1.43. The molecule has 4 rings (SSSR count). The summed E-state index contributed by atoms with van der Waals surface area (Å²) in [5, 5.41) is 3.11. The van der Waals surface area contributed by atoms with Crippen molar-refractivity contribution in [2.75, 3.05) is 26.7 Å². The van der Waals surface area contributed by atoms with Gasteiger partial charge in [-0.1, -0.05) is 36.4 Å². The molecule has 1 aliphatic heterocycles. The predicted octanol–water partition coefficient (Wildman–Crippen LogP) is 5.25. The number of ether oxygens (including phenoxy) is 1. The first kappa shape index (κ1) is 24.9. The van der Waals surface area contributed by atoms with Crippen LogP contribution in [-0.4, -0.2) is 37.6 Å². The normalized spacial score (nSPS) is 18.3. The van der Waals surface area contributed by atoms with E-state index in [1.165, 1.54) is 18.2 Å². The highest BCUT2D eigenvalue weighted by Gasteiger charge is 2.32. The van der Waals surface area contributed by atoms with Crippen LogP contribution < -0.4 is 10.1 Å². The van der Waals surface area contributed by atoms with E-state index in [9.17, 15) is 13.6 Å². The lowest BCUT2D eigenvalue weighted by atomic mass is 9.83. The second-order valence-electron chi connectivity index (χ2n) is 9.35. The zero-order valence-electron chi connectivity index (χ0n) is 20.3. The summed E-state index contributed by atoms with van der Waals surface area (Å²) in [5.41, 5.74) is 3.79. The van der Waals surface area contributed by atoms with E-state index in [0.29, 0.717) is 31.6 Å².